The van der Waals surface area contributed by atoms with Gasteiger partial charge in [-0.15, -0.1) is 6.42 Å². The highest BCUT2D eigenvalue weighted by atomic mass is 19.1. The molecule has 0 unspecified atom stereocenters. The first-order valence-electron chi connectivity index (χ1n) is 14.5. The van der Waals surface area contributed by atoms with Crippen LogP contribution < -0.4 is 4.90 Å². The number of phenolic OH excluding ortho intramolecular Hbond substituents is 1. The lowest BCUT2D eigenvalue weighted by Crippen LogP contribution is -2.33. The van der Waals surface area contributed by atoms with Gasteiger partial charge < -0.3 is 19.3 Å². The lowest BCUT2D eigenvalue weighted by molar-refractivity contribution is 0.0856. The molecule has 0 aliphatic carbocycles. The second-order valence-electron chi connectivity index (χ2n) is 11.7. The van der Waals surface area contributed by atoms with Crippen molar-refractivity contribution in [1.29, 1.82) is 0 Å². The van der Waals surface area contributed by atoms with E-state index in [2.05, 4.69) is 15.5 Å². The second kappa shape index (κ2) is 9.94. The summed E-state index contributed by atoms with van der Waals surface area (Å²) in [6.45, 7) is 2.87. The van der Waals surface area contributed by atoms with Gasteiger partial charge in [0.25, 0.3) is 0 Å². The number of phenols is 1. The van der Waals surface area contributed by atoms with Crippen LogP contribution in [0.2, 0.25) is 0 Å². The van der Waals surface area contributed by atoms with Crippen LogP contribution in [0.5, 0.6) is 5.75 Å². The average Bonchev–Trinajstić information content (AvgIpc) is 3.72. The van der Waals surface area contributed by atoms with E-state index in [1.165, 1.54) is 30.5 Å². The molecule has 6 heterocycles. The SMILES string of the molecule is C#Cc1c(F)ccc2cc(O)cc(-c3ncc4c(-c5ccc6n5CCOC6)nc(N5C[C@H]6[C@@H](C5)N(C)C[C@@H]6F)nc4c3F)c12. The van der Waals surface area contributed by atoms with Crippen LogP contribution in [0.1, 0.15) is 11.3 Å². The number of anilines is 1. The van der Waals surface area contributed by atoms with Crippen molar-refractivity contribution in [3.63, 3.8) is 0 Å². The van der Waals surface area contributed by atoms with Crippen molar-refractivity contribution in [2.24, 2.45) is 5.92 Å². The zero-order valence-corrected chi connectivity index (χ0v) is 23.8. The summed E-state index contributed by atoms with van der Waals surface area (Å²) >= 11 is 0. The number of aromatic nitrogens is 4. The molecule has 11 heteroatoms. The quantitative estimate of drug-likeness (QED) is 0.297. The number of pyridine rings is 1. The molecule has 2 saturated heterocycles. The van der Waals surface area contributed by atoms with Crippen LogP contribution in [0.25, 0.3) is 44.3 Å². The predicted octanol–water partition coefficient (Wildman–Crippen LogP) is 4.90. The molecular formula is C33H27F3N6O2. The fourth-order valence-electron chi connectivity index (χ4n) is 7.10. The number of likely N-dealkylation sites (N-methyl/N-ethyl adjacent to an activating group) is 1. The highest BCUT2D eigenvalue weighted by Gasteiger charge is 2.47. The van der Waals surface area contributed by atoms with Gasteiger partial charge in [-0.25, -0.2) is 23.1 Å². The minimum atomic E-state index is -0.968. The standard InChI is InChI=1S/C33H27F3N6O2/c1-3-20-24(34)6-4-17-10-19(43)11-21(28(17)20)31-29(36)32-22(12-37-31)30(26-7-5-18-16-44-9-8-42(18)26)38-33(39-32)41-13-23-25(35)14-40(2)27(23)15-41/h1,4-7,10-12,23,25,27,43H,8-9,13-16H2,2H3/t23-,25+,27-/m1/s1. The minimum absolute atomic E-state index is 0.000424. The Bertz CT molecular complexity index is 2020. The highest BCUT2D eigenvalue weighted by molar-refractivity contribution is 6.03. The molecule has 0 saturated carbocycles. The van der Waals surface area contributed by atoms with E-state index in [0.29, 0.717) is 55.9 Å². The molecule has 3 aliphatic heterocycles. The molecule has 0 bridgehead atoms. The van der Waals surface area contributed by atoms with Gasteiger partial charge in [0.2, 0.25) is 5.95 Å². The van der Waals surface area contributed by atoms with Gasteiger partial charge in [-0.2, -0.15) is 0 Å². The van der Waals surface area contributed by atoms with Crippen LogP contribution in [0, 0.1) is 29.9 Å². The second-order valence-corrected chi connectivity index (χ2v) is 11.7. The van der Waals surface area contributed by atoms with Crippen molar-refractivity contribution in [1.82, 2.24) is 24.4 Å². The Balaban J connectivity index is 1.37. The van der Waals surface area contributed by atoms with Crippen LogP contribution in [0.15, 0.2) is 42.6 Å². The number of aromatic hydroxyl groups is 1. The van der Waals surface area contributed by atoms with E-state index >= 15 is 4.39 Å². The number of benzene rings is 2. The van der Waals surface area contributed by atoms with E-state index in [4.69, 9.17) is 21.1 Å². The van der Waals surface area contributed by atoms with Crippen molar-refractivity contribution in [3.8, 4) is 40.7 Å². The molecule has 8 nitrogen and oxygen atoms in total. The number of hydrogen-bond acceptors (Lipinski definition) is 7. The van der Waals surface area contributed by atoms with Crippen LogP contribution in [-0.4, -0.2) is 75.0 Å². The first kappa shape index (κ1) is 26.9. The molecule has 8 rings (SSSR count). The van der Waals surface area contributed by atoms with E-state index in [1.807, 2.05) is 29.0 Å². The molecule has 5 aromatic rings. The monoisotopic (exact) mass is 596 g/mol. The van der Waals surface area contributed by atoms with Gasteiger partial charge >= 0.3 is 0 Å². The summed E-state index contributed by atoms with van der Waals surface area (Å²) in [6, 6.07) is 9.34. The molecule has 44 heavy (non-hydrogen) atoms. The highest BCUT2D eigenvalue weighted by Crippen LogP contribution is 2.40. The summed E-state index contributed by atoms with van der Waals surface area (Å²) in [5, 5.41) is 11.6. The maximum atomic E-state index is 16.8. The van der Waals surface area contributed by atoms with Gasteiger partial charge in [-0.3, -0.25) is 9.88 Å². The van der Waals surface area contributed by atoms with Gasteiger partial charge in [0, 0.05) is 66.4 Å². The Hall–Kier alpha value is -4.66. The third-order valence-corrected chi connectivity index (χ3v) is 9.26. The van der Waals surface area contributed by atoms with Gasteiger partial charge in [0.05, 0.1) is 24.5 Å². The zero-order chi connectivity index (χ0) is 30.3. The first-order valence-corrected chi connectivity index (χ1v) is 14.5. The summed E-state index contributed by atoms with van der Waals surface area (Å²) in [6.07, 6.45) is 6.21. The summed E-state index contributed by atoms with van der Waals surface area (Å²) in [5.74, 6) is 0.902. The van der Waals surface area contributed by atoms with E-state index in [-0.39, 0.29) is 51.4 Å². The molecule has 3 aromatic heterocycles. The molecule has 0 amide bonds. The Kier molecular flexibility index (Phi) is 6.08. The number of nitrogens with zero attached hydrogens (tertiary/aromatic N) is 6. The van der Waals surface area contributed by atoms with Crippen LogP contribution in [0.3, 0.4) is 0 Å². The van der Waals surface area contributed by atoms with Crippen molar-refractivity contribution in [3.05, 3.63) is 65.5 Å². The van der Waals surface area contributed by atoms with E-state index < -0.39 is 17.8 Å². The molecule has 2 aromatic carbocycles. The molecule has 2 fully saturated rings. The van der Waals surface area contributed by atoms with Crippen molar-refractivity contribution < 1.29 is 23.0 Å². The number of terminal acetylenes is 1. The van der Waals surface area contributed by atoms with Crippen LogP contribution >= 0.6 is 0 Å². The van der Waals surface area contributed by atoms with Crippen molar-refractivity contribution in [2.45, 2.75) is 25.4 Å². The fraction of sp³-hybridized carbons (Fsp3) is 0.303. The molecule has 3 aliphatic rings. The zero-order valence-electron chi connectivity index (χ0n) is 23.8. The van der Waals surface area contributed by atoms with Gasteiger partial charge in [-0.1, -0.05) is 12.0 Å². The number of hydrogen-bond donors (Lipinski definition) is 1. The Morgan fingerprint density at radius 3 is 2.75 bits per heavy atom. The topological polar surface area (TPSA) is 79.5 Å². The normalized spacial score (nSPS) is 21.6. The van der Waals surface area contributed by atoms with Crippen molar-refractivity contribution in [2.75, 3.05) is 38.2 Å². The van der Waals surface area contributed by atoms with Crippen LogP contribution in [-0.2, 0) is 17.9 Å². The third kappa shape index (κ3) is 3.98. The Labute approximate surface area is 250 Å². The maximum Gasteiger partial charge on any atom is 0.226 e. The first-order chi connectivity index (χ1) is 21.3. The minimum Gasteiger partial charge on any atom is -0.508 e. The average molecular weight is 597 g/mol. The summed E-state index contributed by atoms with van der Waals surface area (Å²) < 4.78 is 54.2. The summed E-state index contributed by atoms with van der Waals surface area (Å²) in [5.41, 5.74) is 2.19. The number of rotatable bonds is 3. The summed E-state index contributed by atoms with van der Waals surface area (Å²) in [4.78, 5) is 18.1. The lowest BCUT2D eigenvalue weighted by Gasteiger charge is -2.23. The number of ether oxygens (including phenoxy) is 1. The number of alkyl halides is 1. The maximum absolute atomic E-state index is 16.8. The smallest absolute Gasteiger partial charge is 0.226 e. The van der Waals surface area contributed by atoms with E-state index in [9.17, 15) is 13.9 Å². The third-order valence-electron chi connectivity index (χ3n) is 9.26. The fourth-order valence-corrected chi connectivity index (χ4v) is 7.10. The number of fused-ring (bicyclic) bond motifs is 4. The molecule has 222 valence electrons. The number of halogens is 3. The lowest BCUT2D eigenvalue weighted by atomic mass is 9.95. The summed E-state index contributed by atoms with van der Waals surface area (Å²) in [7, 11) is 1.91. The largest absolute Gasteiger partial charge is 0.508 e. The number of likely N-dealkylation sites (tertiary alicyclic amines) is 1. The Morgan fingerprint density at radius 2 is 1.93 bits per heavy atom. The van der Waals surface area contributed by atoms with Gasteiger partial charge in [0.15, 0.2) is 5.82 Å². The molecule has 0 spiro atoms. The molecule has 0 radical (unpaired) electrons. The van der Waals surface area contributed by atoms with Gasteiger partial charge in [-0.05, 0) is 42.8 Å². The van der Waals surface area contributed by atoms with Gasteiger partial charge in [0.1, 0.15) is 34.6 Å². The molecule has 3 atom stereocenters. The molecular weight excluding hydrogens is 569 g/mol. The van der Waals surface area contributed by atoms with E-state index in [1.54, 1.807) is 0 Å². The predicted molar refractivity (Wildman–Crippen MR) is 160 cm³/mol. The van der Waals surface area contributed by atoms with Crippen LogP contribution in [0.4, 0.5) is 19.1 Å². The molecule has 1 N–H and O–H groups in total. The van der Waals surface area contributed by atoms with E-state index in [0.717, 1.165) is 11.4 Å². The van der Waals surface area contributed by atoms with Crippen molar-refractivity contribution >= 4 is 27.6 Å². The Morgan fingerprint density at radius 1 is 1.07 bits per heavy atom.